The predicted molar refractivity (Wildman–Crippen MR) is 35.6 cm³/mol. The minimum atomic E-state index is -2.34. The molecule has 0 fully saturated rings. The minimum absolute atomic E-state index is 0.565. The summed E-state index contributed by atoms with van der Waals surface area (Å²) in [5.41, 5.74) is 0. The van der Waals surface area contributed by atoms with Gasteiger partial charge in [0.05, 0.1) is 7.11 Å². The molecule has 0 saturated heterocycles. The van der Waals surface area contributed by atoms with Crippen molar-refractivity contribution in [3.63, 3.8) is 0 Å². The molecule has 1 aliphatic rings. The van der Waals surface area contributed by atoms with E-state index in [1.54, 1.807) is 0 Å². The zero-order valence-corrected chi connectivity index (χ0v) is 6.58. The summed E-state index contributed by atoms with van der Waals surface area (Å²) in [6.07, 6.45) is 2.10. The Kier molecular flexibility index (Phi) is 2.12. The summed E-state index contributed by atoms with van der Waals surface area (Å²) < 4.78 is 15.7. The average Bonchev–Trinajstić information content (AvgIpc) is 2.30. The van der Waals surface area contributed by atoms with Gasteiger partial charge in [-0.05, 0) is 9.24 Å². The lowest BCUT2D eigenvalue weighted by molar-refractivity contribution is -0.131. The van der Waals surface area contributed by atoms with Crippen molar-refractivity contribution in [3.8, 4) is 0 Å². The fourth-order valence-corrected chi connectivity index (χ4v) is 1.25. The van der Waals surface area contributed by atoms with Crippen LogP contribution >= 0.6 is 8.18 Å². The Labute approximate surface area is 63.5 Å². The third kappa shape index (κ3) is 1.34. The van der Waals surface area contributed by atoms with Crippen LogP contribution < -0.4 is 0 Å². The second kappa shape index (κ2) is 2.90. The van der Waals surface area contributed by atoms with Gasteiger partial charge < -0.3 is 0 Å². The molecule has 2 amide bonds. The molecule has 58 valence electrons. The molecule has 0 saturated carbocycles. The maximum absolute atomic E-state index is 10.8. The zero-order chi connectivity index (χ0) is 8.43. The van der Waals surface area contributed by atoms with E-state index in [0.717, 1.165) is 19.3 Å². The summed E-state index contributed by atoms with van der Waals surface area (Å²) in [7, 11) is -1.17. The normalized spacial score (nSPS) is 17.9. The van der Waals surface area contributed by atoms with E-state index in [0.29, 0.717) is 4.67 Å². The van der Waals surface area contributed by atoms with Crippen LogP contribution in [0.5, 0.6) is 0 Å². The van der Waals surface area contributed by atoms with Crippen molar-refractivity contribution in [2.45, 2.75) is 0 Å². The molecule has 0 aliphatic carbocycles. The predicted octanol–water partition coefficient (Wildman–Crippen LogP) is 0.215. The topological polar surface area (TPSA) is 63.7 Å². The van der Waals surface area contributed by atoms with Gasteiger partial charge in [0.25, 0.3) is 11.8 Å². The van der Waals surface area contributed by atoms with E-state index >= 15 is 0 Å². The van der Waals surface area contributed by atoms with Gasteiger partial charge in [-0.3, -0.25) is 9.59 Å². The van der Waals surface area contributed by atoms with Gasteiger partial charge in [0.2, 0.25) is 0 Å². The van der Waals surface area contributed by atoms with Crippen molar-refractivity contribution in [1.29, 1.82) is 0 Å². The molecular formula is C5H5NO4P+. The minimum Gasteiger partial charge on any atom is -0.265 e. The standard InChI is InChI=1S/C5H5NO4P/c1-10-11(9)6-4(7)2-3-5(6)8/h2-3H,1H3/q+1. The van der Waals surface area contributed by atoms with Crippen LogP contribution in [-0.2, 0) is 18.7 Å². The Hall–Kier alpha value is -1.06. The van der Waals surface area contributed by atoms with E-state index in [2.05, 4.69) is 4.52 Å². The van der Waals surface area contributed by atoms with Gasteiger partial charge in [-0.25, -0.2) is 0 Å². The Morgan fingerprint density at radius 3 is 2.18 bits per heavy atom. The number of amides is 2. The van der Waals surface area contributed by atoms with E-state index in [1.807, 2.05) is 0 Å². The fraction of sp³-hybridized carbons (Fsp3) is 0.200. The summed E-state index contributed by atoms with van der Waals surface area (Å²) in [5.74, 6) is -1.20. The molecule has 1 aliphatic heterocycles. The third-order valence-corrected chi connectivity index (χ3v) is 2.14. The van der Waals surface area contributed by atoms with Crippen molar-refractivity contribution in [2.24, 2.45) is 0 Å². The summed E-state index contributed by atoms with van der Waals surface area (Å²) in [6, 6.07) is 0. The average molecular weight is 174 g/mol. The second-order valence-electron chi connectivity index (χ2n) is 1.74. The third-order valence-electron chi connectivity index (χ3n) is 1.11. The molecule has 0 spiro atoms. The number of hydrogen-bond acceptors (Lipinski definition) is 4. The van der Waals surface area contributed by atoms with E-state index < -0.39 is 20.0 Å². The molecule has 5 nitrogen and oxygen atoms in total. The number of nitrogens with zero attached hydrogens (tertiary/aromatic N) is 1. The smallest absolute Gasteiger partial charge is 0.265 e. The number of rotatable bonds is 2. The van der Waals surface area contributed by atoms with Crippen LogP contribution in [0.15, 0.2) is 12.2 Å². The van der Waals surface area contributed by atoms with Crippen LogP contribution in [-0.4, -0.2) is 23.6 Å². The van der Waals surface area contributed by atoms with Crippen LogP contribution in [0, 0.1) is 0 Å². The summed E-state index contributed by atoms with van der Waals surface area (Å²) in [6.45, 7) is 0. The molecule has 0 bridgehead atoms. The summed E-state index contributed by atoms with van der Waals surface area (Å²) >= 11 is 0. The number of carbonyl (C=O) groups excluding carboxylic acids is 2. The Balaban J connectivity index is 2.82. The van der Waals surface area contributed by atoms with E-state index in [4.69, 9.17) is 0 Å². The number of hydrogen-bond donors (Lipinski definition) is 0. The summed E-state index contributed by atoms with van der Waals surface area (Å²) in [5, 5.41) is 0. The van der Waals surface area contributed by atoms with Crippen molar-refractivity contribution < 1.29 is 18.7 Å². The van der Waals surface area contributed by atoms with Crippen LogP contribution in [0.4, 0.5) is 0 Å². The Morgan fingerprint density at radius 2 is 1.82 bits per heavy atom. The van der Waals surface area contributed by atoms with E-state index in [1.165, 1.54) is 0 Å². The molecule has 1 atom stereocenters. The number of imide groups is 1. The maximum Gasteiger partial charge on any atom is 0.656 e. The summed E-state index contributed by atoms with van der Waals surface area (Å²) in [4.78, 5) is 21.5. The molecule has 1 heterocycles. The van der Waals surface area contributed by atoms with Gasteiger partial charge in [0.15, 0.2) is 0 Å². The first-order valence-electron chi connectivity index (χ1n) is 2.74. The lowest BCUT2D eigenvalue weighted by Gasteiger charge is -1.94. The van der Waals surface area contributed by atoms with E-state index in [-0.39, 0.29) is 0 Å². The first kappa shape index (κ1) is 8.04. The van der Waals surface area contributed by atoms with Crippen molar-refractivity contribution >= 4 is 20.0 Å². The molecule has 0 aromatic rings. The van der Waals surface area contributed by atoms with Gasteiger partial charge in [-0.2, -0.15) is 0 Å². The first-order valence-corrected chi connectivity index (χ1v) is 3.87. The highest BCUT2D eigenvalue weighted by atomic mass is 31.1. The fourth-order valence-electron chi connectivity index (χ4n) is 0.635. The maximum atomic E-state index is 10.8. The Morgan fingerprint density at radius 1 is 1.36 bits per heavy atom. The van der Waals surface area contributed by atoms with Gasteiger partial charge >= 0.3 is 8.18 Å². The lowest BCUT2D eigenvalue weighted by Crippen LogP contribution is -2.22. The molecule has 6 heteroatoms. The van der Waals surface area contributed by atoms with Crippen LogP contribution in [0.3, 0.4) is 0 Å². The van der Waals surface area contributed by atoms with E-state index in [9.17, 15) is 14.2 Å². The van der Waals surface area contributed by atoms with Gasteiger partial charge in [-0.1, -0.05) is 0 Å². The van der Waals surface area contributed by atoms with Crippen molar-refractivity contribution in [1.82, 2.24) is 4.67 Å². The molecule has 0 aromatic carbocycles. The molecule has 0 radical (unpaired) electrons. The van der Waals surface area contributed by atoms with Gasteiger partial charge in [-0.15, -0.1) is 4.52 Å². The zero-order valence-electron chi connectivity index (χ0n) is 5.68. The van der Waals surface area contributed by atoms with Crippen LogP contribution in [0.1, 0.15) is 0 Å². The lowest BCUT2D eigenvalue weighted by atomic mass is 10.6. The molecular weight excluding hydrogens is 169 g/mol. The molecule has 0 N–H and O–H groups in total. The Bertz CT molecular complexity index is 241. The van der Waals surface area contributed by atoms with Gasteiger partial charge in [0.1, 0.15) is 0 Å². The van der Waals surface area contributed by atoms with Crippen LogP contribution in [0.2, 0.25) is 0 Å². The SMILES string of the molecule is CO[P+](=O)N1C(=O)C=CC1=O. The first-order chi connectivity index (χ1) is 5.16. The van der Waals surface area contributed by atoms with Crippen molar-refractivity contribution in [2.75, 3.05) is 7.11 Å². The highest BCUT2D eigenvalue weighted by Crippen LogP contribution is 2.30. The molecule has 11 heavy (non-hydrogen) atoms. The molecule has 0 aromatic heterocycles. The largest absolute Gasteiger partial charge is 0.656 e. The highest BCUT2D eigenvalue weighted by molar-refractivity contribution is 7.38. The molecule has 1 unspecified atom stereocenters. The quantitative estimate of drug-likeness (QED) is 0.443. The monoisotopic (exact) mass is 174 g/mol. The van der Waals surface area contributed by atoms with Crippen molar-refractivity contribution in [3.05, 3.63) is 12.2 Å². The van der Waals surface area contributed by atoms with Gasteiger partial charge in [0, 0.05) is 12.2 Å². The highest BCUT2D eigenvalue weighted by Gasteiger charge is 2.41. The molecule has 1 rings (SSSR count). The number of carbonyl (C=O) groups is 2. The van der Waals surface area contributed by atoms with Crippen LogP contribution in [0.25, 0.3) is 0 Å². The second-order valence-corrected chi connectivity index (χ2v) is 2.98.